The van der Waals surface area contributed by atoms with Crippen LogP contribution < -0.4 is 16.0 Å². The average molecular weight is 354 g/mol. The van der Waals surface area contributed by atoms with E-state index in [2.05, 4.69) is 20.9 Å². The van der Waals surface area contributed by atoms with Crippen molar-refractivity contribution < 1.29 is 14.4 Å². The summed E-state index contributed by atoms with van der Waals surface area (Å²) in [6, 6.07) is 8.24. The van der Waals surface area contributed by atoms with E-state index in [1.54, 1.807) is 24.3 Å². The second kappa shape index (κ2) is 9.31. The SMILES string of the molecule is CCCCNC(=O)c1cncc(C(=O)Nc2ccc(NC(C)=O)cc2)c1. The molecule has 1 aromatic carbocycles. The highest BCUT2D eigenvalue weighted by Crippen LogP contribution is 2.15. The van der Waals surface area contributed by atoms with Gasteiger partial charge >= 0.3 is 0 Å². The fraction of sp³-hybridized carbons (Fsp3) is 0.263. The van der Waals surface area contributed by atoms with E-state index in [1.807, 2.05) is 6.92 Å². The smallest absolute Gasteiger partial charge is 0.257 e. The molecule has 7 nitrogen and oxygen atoms in total. The Labute approximate surface area is 152 Å². The molecule has 2 rings (SSSR count). The summed E-state index contributed by atoms with van der Waals surface area (Å²) < 4.78 is 0. The van der Waals surface area contributed by atoms with Gasteiger partial charge in [0.25, 0.3) is 11.8 Å². The van der Waals surface area contributed by atoms with Crippen LogP contribution >= 0.6 is 0 Å². The molecule has 3 N–H and O–H groups in total. The normalized spacial score (nSPS) is 10.1. The van der Waals surface area contributed by atoms with Gasteiger partial charge in [0.1, 0.15) is 0 Å². The Bertz CT molecular complexity index is 788. The minimum absolute atomic E-state index is 0.165. The third-order valence-electron chi connectivity index (χ3n) is 3.54. The summed E-state index contributed by atoms with van der Waals surface area (Å²) in [5, 5.41) is 8.18. The van der Waals surface area contributed by atoms with Gasteiger partial charge in [-0.3, -0.25) is 19.4 Å². The van der Waals surface area contributed by atoms with Crippen LogP contribution in [0.4, 0.5) is 11.4 Å². The summed E-state index contributed by atoms with van der Waals surface area (Å²) in [5.74, 6) is -0.782. The topological polar surface area (TPSA) is 100 Å². The Hall–Kier alpha value is -3.22. The first kappa shape index (κ1) is 19.1. The zero-order valence-electron chi connectivity index (χ0n) is 14.8. The number of carbonyl (C=O) groups is 3. The molecule has 0 spiro atoms. The lowest BCUT2D eigenvalue weighted by Crippen LogP contribution is -2.25. The maximum atomic E-state index is 12.4. The van der Waals surface area contributed by atoms with Gasteiger partial charge in [-0.25, -0.2) is 0 Å². The van der Waals surface area contributed by atoms with Crippen LogP contribution in [0.5, 0.6) is 0 Å². The third-order valence-corrected chi connectivity index (χ3v) is 3.54. The lowest BCUT2D eigenvalue weighted by atomic mass is 10.1. The number of anilines is 2. The number of carbonyl (C=O) groups excluding carboxylic acids is 3. The second-order valence-electron chi connectivity index (χ2n) is 5.78. The standard InChI is InChI=1S/C19H22N4O3/c1-3-4-9-21-18(25)14-10-15(12-20-11-14)19(26)23-17-7-5-16(6-8-17)22-13(2)24/h5-8,10-12H,3-4,9H2,1-2H3,(H,21,25)(H,22,24)(H,23,26). The van der Waals surface area contributed by atoms with Gasteiger partial charge < -0.3 is 16.0 Å². The summed E-state index contributed by atoms with van der Waals surface area (Å²) in [7, 11) is 0. The molecule has 3 amide bonds. The number of rotatable bonds is 7. The predicted octanol–water partition coefficient (Wildman–Crippen LogP) is 2.82. The summed E-state index contributed by atoms with van der Waals surface area (Å²) in [6.45, 7) is 4.06. The molecule has 7 heteroatoms. The molecule has 0 aliphatic heterocycles. The molecule has 0 unspecified atom stereocenters. The number of hydrogen-bond donors (Lipinski definition) is 3. The highest BCUT2D eigenvalue weighted by molar-refractivity contribution is 6.06. The van der Waals surface area contributed by atoms with Crippen LogP contribution in [0, 0.1) is 0 Å². The number of nitrogens with one attached hydrogen (secondary N) is 3. The Morgan fingerprint density at radius 1 is 0.923 bits per heavy atom. The first-order valence-corrected chi connectivity index (χ1v) is 8.42. The Kier molecular flexibility index (Phi) is 6.84. The van der Waals surface area contributed by atoms with E-state index < -0.39 is 0 Å². The molecule has 26 heavy (non-hydrogen) atoms. The fourth-order valence-corrected chi connectivity index (χ4v) is 2.21. The molecule has 0 atom stereocenters. The van der Waals surface area contributed by atoms with Crippen LogP contribution in [0.25, 0.3) is 0 Å². The molecule has 1 aromatic heterocycles. The quantitative estimate of drug-likeness (QED) is 0.666. The average Bonchev–Trinajstić information content (AvgIpc) is 2.63. The molecular weight excluding hydrogens is 332 g/mol. The van der Waals surface area contributed by atoms with E-state index in [0.717, 1.165) is 12.8 Å². The number of unbranched alkanes of at least 4 members (excludes halogenated alkanes) is 1. The maximum Gasteiger partial charge on any atom is 0.257 e. The first-order valence-electron chi connectivity index (χ1n) is 8.42. The van der Waals surface area contributed by atoms with Crippen molar-refractivity contribution in [1.82, 2.24) is 10.3 Å². The van der Waals surface area contributed by atoms with Crippen molar-refractivity contribution in [1.29, 1.82) is 0 Å². The summed E-state index contributed by atoms with van der Waals surface area (Å²) in [6.07, 6.45) is 4.72. The maximum absolute atomic E-state index is 12.4. The summed E-state index contributed by atoms with van der Waals surface area (Å²) in [4.78, 5) is 39.4. The minimum atomic E-state index is -0.368. The Balaban J connectivity index is 2.02. The molecule has 1 heterocycles. The molecule has 0 bridgehead atoms. The number of pyridine rings is 1. The van der Waals surface area contributed by atoms with Crippen LogP contribution in [0.15, 0.2) is 42.7 Å². The molecule has 0 saturated carbocycles. The predicted molar refractivity (Wildman–Crippen MR) is 100 cm³/mol. The Morgan fingerprint density at radius 2 is 1.50 bits per heavy atom. The van der Waals surface area contributed by atoms with E-state index in [4.69, 9.17) is 0 Å². The van der Waals surface area contributed by atoms with Crippen LogP contribution in [-0.4, -0.2) is 29.3 Å². The third kappa shape index (κ3) is 5.70. The van der Waals surface area contributed by atoms with Gasteiger partial charge in [-0.15, -0.1) is 0 Å². The first-order chi connectivity index (χ1) is 12.5. The van der Waals surface area contributed by atoms with Crippen LogP contribution in [0.2, 0.25) is 0 Å². The molecule has 0 saturated heterocycles. The number of benzene rings is 1. The molecule has 0 aliphatic carbocycles. The van der Waals surface area contributed by atoms with E-state index in [9.17, 15) is 14.4 Å². The van der Waals surface area contributed by atoms with Crippen molar-refractivity contribution in [2.45, 2.75) is 26.7 Å². The highest BCUT2D eigenvalue weighted by Gasteiger charge is 2.11. The fourth-order valence-electron chi connectivity index (χ4n) is 2.21. The Morgan fingerprint density at radius 3 is 2.08 bits per heavy atom. The van der Waals surface area contributed by atoms with E-state index in [-0.39, 0.29) is 17.7 Å². The van der Waals surface area contributed by atoms with Crippen molar-refractivity contribution in [3.05, 3.63) is 53.9 Å². The molecule has 0 aliphatic rings. The van der Waals surface area contributed by atoms with Gasteiger partial charge in [0.15, 0.2) is 0 Å². The van der Waals surface area contributed by atoms with Crippen LogP contribution in [0.3, 0.4) is 0 Å². The molecule has 136 valence electrons. The minimum Gasteiger partial charge on any atom is -0.352 e. The summed E-state index contributed by atoms with van der Waals surface area (Å²) >= 11 is 0. The lowest BCUT2D eigenvalue weighted by Gasteiger charge is -2.08. The lowest BCUT2D eigenvalue weighted by molar-refractivity contribution is -0.114. The second-order valence-corrected chi connectivity index (χ2v) is 5.78. The van der Waals surface area contributed by atoms with Crippen molar-refractivity contribution >= 4 is 29.1 Å². The number of hydrogen-bond acceptors (Lipinski definition) is 4. The van der Waals surface area contributed by atoms with Crippen molar-refractivity contribution in [3.63, 3.8) is 0 Å². The molecule has 0 fully saturated rings. The van der Waals surface area contributed by atoms with Crippen LogP contribution in [-0.2, 0) is 4.79 Å². The highest BCUT2D eigenvalue weighted by atomic mass is 16.2. The zero-order chi connectivity index (χ0) is 18.9. The number of aromatic nitrogens is 1. The number of nitrogens with zero attached hydrogens (tertiary/aromatic N) is 1. The van der Waals surface area contributed by atoms with E-state index in [0.29, 0.717) is 29.0 Å². The molecular formula is C19H22N4O3. The van der Waals surface area contributed by atoms with Gasteiger partial charge in [-0.1, -0.05) is 13.3 Å². The van der Waals surface area contributed by atoms with Crippen LogP contribution in [0.1, 0.15) is 47.4 Å². The summed E-state index contributed by atoms with van der Waals surface area (Å²) in [5.41, 5.74) is 1.85. The van der Waals surface area contributed by atoms with Gasteiger partial charge in [0.05, 0.1) is 11.1 Å². The monoisotopic (exact) mass is 354 g/mol. The molecule has 0 radical (unpaired) electrons. The van der Waals surface area contributed by atoms with Gasteiger partial charge in [0.2, 0.25) is 5.91 Å². The largest absolute Gasteiger partial charge is 0.352 e. The van der Waals surface area contributed by atoms with Gasteiger partial charge in [0, 0.05) is 37.2 Å². The van der Waals surface area contributed by atoms with Crippen molar-refractivity contribution in [2.75, 3.05) is 17.2 Å². The number of amides is 3. The molecule has 2 aromatic rings. The zero-order valence-corrected chi connectivity index (χ0v) is 14.8. The van der Waals surface area contributed by atoms with Gasteiger partial charge in [-0.05, 0) is 36.8 Å². The van der Waals surface area contributed by atoms with E-state index in [1.165, 1.54) is 25.4 Å². The van der Waals surface area contributed by atoms with Crippen molar-refractivity contribution in [3.8, 4) is 0 Å². The van der Waals surface area contributed by atoms with E-state index >= 15 is 0 Å². The van der Waals surface area contributed by atoms with Crippen molar-refractivity contribution in [2.24, 2.45) is 0 Å². The van der Waals surface area contributed by atoms with Gasteiger partial charge in [-0.2, -0.15) is 0 Å².